The third-order valence-electron chi connectivity index (χ3n) is 13.5. The minimum Gasteiger partial charge on any atom is -0.506 e. The second-order valence-electron chi connectivity index (χ2n) is 20.9. The van der Waals surface area contributed by atoms with Crippen LogP contribution in [0.3, 0.4) is 0 Å². The number of allylic oxidation sites excluding steroid dienone is 5. The van der Waals surface area contributed by atoms with Gasteiger partial charge in [0.25, 0.3) is 0 Å². The van der Waals surface area contributed by atoms with E-state index < -0.39 is 57.6 Å². The standard InChI is InChI=1S/C38H46O9.C20H21ClO4/c1-21(2)11-10-18-36(8)19-17-24-29(39)28-30(40)26-12-9-13-27-35(6,7)47-37(34(43)44,20-16-23(5)33(41)42)38(26,27)46-32(28)25(31(24)45-36)15-14-22(3)4;1-13(2)24-19(23)20(3,4)25-17-11-7-15(8-12-17)18(22)14-5-9-16(21)10-6-14/h11-12,14,16-17,19,27,39H,9-10,13,15,18,20H2,1-8H3,(H,41,42)(H,43,44);5-13H,1-4H3. The Morgan fingerprint density at radius 1 is 0.875 bits per heavy atom. The number of carbonyl (C=O) groups excluding carboxylic acids is 3. The van der Waals surface area contributed by atoms with Crippen molar-refractivity contribution >= 4 is 47.2 Å². The molecule has 0 saturated carbocycles. The summed E-state index contributed by atoms with van der Waals surface area (Å²) in [6, 6.07) is 13.4. The predicted molar refractivity (Wildman–Crippen MR) is 275 cm³/mol. The molecule has 0 radical (unpaired) electrons. The molecule has 13 nitrogen and oxygen atoms in total. The number of esters is 1. The summed E-state index contributed by atoms with van der Waals surface area (Å²) in [7, 11) is 0. The zero-order chi connectivity index (χ0) is 53.3. The molecule has 3 heterocycles. The molecule has 384 valence electrons. The number of halogens is 1. The second kappa shape index (κ2) is 21.0. The van der Waals surface area contributed by atoms with Crippen molar-refractivity contribution in [3.05, 3.63) is 134 Å². The fraction of sp³-hybridized carbons (Fsp3) is 0.431. The summed E-state index contributed by atoms with van der Waals surface area (Å²) in [5, 5.41) is 33.0. The van der Waals surface area contributed by atoms with Gasteiger partial charge in [-0.15, -0.1) is 0 Å². The SMILES string of the molecule is CC(C)=CCCC1(C)C=Cc2c(O)c3c(c(CC=C(C)C)c2O1)OC12C(=CCCC1C(C)(C)OC2(CC=C(C)C(=O)O)C(=O)O)C3=O.CC(C)OC(=O)C(C)(C)Oc1ccc(C(=O)c2ccc(Cl)cc2)cc1. The van der Waals surface area contributed by atoms with Gasteiger partial charge in [-0.1, -0.05) is 47.1 Å². The van der Waals surface area contributed by atoms with Gasteiger partial charge in [-0.05, 0) is 176 Å². The normalized spacial score (nSPS) is 22.5. The number of hydrogen-bond donors (Lipinski definition) is 3. The molecule has 7 rings (SSSR count). The number of phenols is 1. The Balaban J connectivity index is 0.000000285. The quantitative estimate of drug-likeness (QED) is 0.0564. The van der Waals surface area contributed by atoms with Gasteiger partial charge < -0.3 is 39.0 Å². The van der Waals surface area contributed by atoms with Crippen LogP contribution in [0.15, 0.2) is 101 Å². The van der Waals surface area contributed by atoms with Crippen LogP contribution in [0.1, 0.15) is 153 Å². The molecular weight excluding hydrogens is 940 g/mol. The van der Waals surface area contributed by atoms with Crippen molar-refractivity contribution < 1.29 is 63.0 Å². The van der Waals surface area contributed by atoms with E-state index in [1.165, 1.54) is 18.6 Å². The summed E-state index contributed by atoms with van der Waals surface area (Å²) < 4.78 is 31.1. The highest BCUT2D eigenvalue weighted by Gasteiger charge is 2.77. The highest BCUT2D eigenvalue weighted by Crippen LogP contribution is 2.64. The van der Waals surface area contributed by atoms with Gasteiger partial charge in [-0.25, -0.2) is 14.4 Å². The van der Waals surface area contributed by atoms with Crippen molar-refractivity contribution in [3.8, 4) is 23.0 Å². The molecule has 3 aliphatic heterocycles. The van der Waals surface area contributed by atoms with Crippen LogP contribution in [0.2, 0.25) is 5.02 Å². The summed E-state index contributed by atoms with van der Waals surface area (Å²) >= 11 is 5.84. The minimum absolute atomic E-state index is 0.0407. The lowest BCUT2D eigenvalue weighted by Gasteiger charge is -2.50. The number of hydrogen-bond acceptors (Lipinski definition) is 11. The smallest absolute Gasteiger partial charge is 0.350 e. The summed E-state index contributed by atoms with van der Waals surface area (Å²) in [6.45, 7) is 21.7. The zero-order valence-corrected chi connectivity index (χ0v) is 44.0. The maximum absolute atomic E-state index is 14.7. The van der Waals surface area contributed by atoms with Crippen molar-refractivity contribution in [2.24, 2.45) is 5.92 Å². The summed E-state index contributed by atoms with van der Waals surface area (Å²) in [5.74, 6) is -3.60. The third-order valence-corrected chi connectivity index (χ3v) is 13.7. The van der Waals surface area contributed by atoms with Gasteiger partial charge >= 0.3 is 17.9 Å². The largest absolute Gasteiger partial charge is 0.506 e. The highest BCUT2D eigenvalue weighted by molar-refractivity contribution is 6.30. The number of aromatic hydroxyl groups is 1. The number of fused-ring (bicyclic) bond motifs is 2. The first kappa shape index (κ1) is 54.9. The van der Waals surface area contributed by atoms with Crippen LogP contribution in [0, 0.1) is 5.92 Å². The van der Waals surface area contributed by atoms with Crippen LogP contribution < -0.4 is 14.2 Å². The van der Waals surface area contributed by atoms with E-state index in [0.29, 0.717) is 64.5 Å². The van der Waals surface area contributed by atoms with Crippen LogP contribution >= 0.6 is 11.6 Å². The Bertz CT molecular complexity index is 2800. The molecule has 1 saturated heterocycles. The molecule has 0 bridgehead atoms. The van der Waals surface area contributed by atoms with E-state index in [1.807, 2.05) is 46.8 Å². The lowest BCUT2D eigenvalue weighted by molar-refractivity contribution is -0.184. The topological polar surface area (TPSA) is 192 Å². The average molecular weight is 1010 g/mol. The van der Waals surface area contributed by atoms with Crippen LogP contribution in [-0.4, -0.2) is 78.9 Å². The number of ether oxygens (including phenoxy) is 5. The molecule has 1 spiro atoms. The second-order valence-corrected chi connectivity index (χ2v) is 21.3. The number of carbonyl (C=O) groups is 5. The lowest BCUT2D eigenvalue weighted by atomic mass is 9.60. The number of aliphatic carboxylic acids is 2. The molecule has 0 aromatic heterocycles. The van der Waals surface area contributed by atoms with Gasteiger partial charge in [0, 0.05) is 45.2 Å². The number of rotatable bonds is 15. The minimum atomic E-state index is -2.16. The van der Waals surface area contributed by atoms with Crippen molar-refractivity contribution in [1.29, 1.82) is 0 Å². The Kier molecular flexibility index (Phi) is 16.0. The fourth-order valence-corrected chi connectivity index (χ4v) is 9.92. The molecule has 4 unspecified atom stereocenters. The molecule has 3 aromatic rings. The summed E-state index contributed by atoms with van der Waals surface area (Å²) in [6.07, 6.45) is 12.9. The number of carboxylic acids is 2. The van der Waals surface area contributed by atoms with E-state index in [9.17, 15) is 39.3 Å². The van der Waals surface area contributed by atoms with Gasteiger partial charge in [0.15, 0.2) is 22.8 Å². The van der Waals surface area contributed by atoms with E-state index in [4.69, 9.17) is 35.3 Å². The van der Waals surface area contributed by atoms with Gasteiger partial charge in [0.05, 0.1) is 17.3 Å². The molecule has 4 aliphatic rings. The van der Waals surface area contributed by atoms with E-state index in [-0.39, 0.29) is 46.5 Å². The molecule has 14 heteroatoms. The van der Waals surface area contributed by atoms with Gasteiger partial charge in [-0.3, -0.25) is 9.59 Å². The predicted octanol–water partition coefficient (Wildman–Crippen LogP) is 12.2. The average Bonchev–Trinajstić information content (AvgIpc) is 3.50. The first-order chi connectivity index (χ1) is 33.6. The molecule has 3 aromatic carbocycles. The van der Waals surface area contributed by atoms with Crippen LogP contribution in [0.5, 0.6) is 23.0 Å². The summed E-state index contributed by atoms with van der Waals surface area (Å²) in [4.78, 5) is 64.5. The molecule has 0 amide bonds. The molecule has 1 fully saturated rings. The van der Waals surface area contributed by atoms with Crippen LogP contribution in [0.25, 0.3) is 6.08 Å². The van der Waals surface area contributed by atoms with Gasteiger partial charge in [0.1, 0.15) is 34.2 Å². The number of ketones is 2. The summed E-state index contributed by atoms with van der Waals surface area (Å²) in [5.41, 5.74) is -2.71. The van der Waals surface area contributed by atoms with Crippen molar-refractivity contribution in [1.82, 2.24) is 0 Å². The molecule has 1 aliphatic carbocycles. The molecule has 72 heavy (non-hydrogen) atoms. The van der Waals surface area contributed by atoms with Crippen molar-refractivity contribution in [2.75, 3.05) is 0 Å². The van der Waals surface area contributed by atoms with Crippen LogP contribution in [-0.2, 0) is 30.3 Å². The number of benzene rings is 3. The Morgan fingerprint density at radius 3 is 2.06 bits per heavy atom. The number of carboxylic acid groups (broad SMARTS) is 2. The molecular formula is C58H67ClO13. The van der Waals surface area contributed by atoms with E-state index in [1.54, 1.807) is 102 Å². The van der Waals surface area contributed by atoms with E-state index in [2.05, 4.69) is 6.08 Å². The maximum Gasteiger partial charge on any atom is 0.350 e. The van der Waals surface area contributed by atoms with Gasteiger partial charge in [-0.2, -0.15) is 0 Å². The lowest BCUT2D eigenvalue weighted by Crippen LogP contribution is -2.66. The fourth-order valence-electron chi connectivity index (χ4n) is 9.80. The highest BCUT2D eigenvalue weighted by atomic mass is 35.5. The van der Waals surface area contributed by atoms with Gasteiger partial charge in [0.2, 0.25) is 5.60 Å². The Labute approximate surface area is 427 Å². The van der Waals surface area contributed by atoms with Crippen molar-refractivity contribution in [2.45, 2.75) is 156 Å². The Hall–Kier alpha value is -6.44. The number of Topliss-reactive ketones (excluding diaryl/α,β-unsaturated/α-hetero) is 1. The number of phenolic OH excluding ortho intramolecular Hbond substituents is 1. The van der Waals surface area contributed by atoms with Crippen molar-refractivity contribution in [3.63, 3.8) is 0 Å². The molecule has 3 N–H and O–H groups in total. The first-order valence-electron chi connectivity index (χ1n) is 24.2. The first-order valence-corrected chi connectivity index (χ1v) is 24.6. The zero-order valence-electron chi connectivity index (χ0n) is 43.3. The van der Waals surface area contributed by atoms with E-state index in [0.717, 1.165) is 12.0 Å². The Morgan fingerprint density at radius 2 is 1.49 bits per heavy atom. The maximum atomic E-state index is 14.7. The third kappa shape index (κ3) is 10.8. The monoisotopic (exact) mass is 1010 g/mol. The van der Waals surface area contributed by atoms with E-state index >= 15 is 0 Å². The molecule has 4 atom stereocenters. The van der Waals surface area contributed by atoms with Crippen LogP contribution in [0.4, 0.5) is 0 Å².